The summed E-state index contributed by atoms with van der Waals surface area (Å²) in [5.41, 5.74) is 1.04. The lowest BCUT2D eigenvalue weighted by molar-refractivity contribution is 0.169. The smallest absolute Gasteiger partial charge is 0.141 e. The second-order valence-corrected chi connectivity index (χ2v) is 4.82. The highest BCUT2D eigenvalue weighted by Crippen LogP contribution is 2.17. The van der Waals surface area contributed by atoms with Gasteiger partial charge in [0.05, 0.1) is 11.1 Å². The Morgan fingerprint density at radius 2 is 1.85 bits per heavy atom. The lowest BCUT2D eigenvalue weighted by atomic mass is 10.1. The van der Waals surface area contributed by atoms with Crippen LogP contribution in [0.4, 0.5) is 8.78 Å². The molecule has 0 amide bonds. The first-order chi connectivity index (χ1) is 9.58. The number of hydrogen-bond acceptors (Lipinski definition) is 2. The van der Waals surface area contributed by atoms with E-state index in [-0.39, 0.29) is 17.1 Å². The maximum Gasteiger partial charge on any atom is 0.141 e. The number of aliphatic hydroxyl groups excluding tert-OH is 1. The molecule has 2 aromatic rings. The Morgan fingerprint density at radius 3 is 2.55 bits per heavy atom. The second kappa shape index (κ2) is 6.79. The molecule has 0 saturated heterocycles. The summed E-state index contributed by atoms with van der Waals surface area (Å²) in [6.45, 7) is 0.599. The summed E-state index contributed by atoms with van der Waals surface area (Å²) in [6.07, 6.45) is -0.938. The Morgan fingerprint density at radius 1 is 1.10 bits per heavy atom. The summed E-state index contributed by atoms with van der Waals surface area (Å²) in [7, 11) is 0. The Labute approximate surface area is 121 Å². The Kier molecular flexibility index (Phi) is 5.06. The molecule has 0 bridgehead atoms. The van der Waals surface area contributed by atoms with E-state index < -0.39 is 17.7 Å². The first kappa shape index (κ1) is 14.9. The molecule has 0 spiro atoms. The van der Waals surface area contributed by atoms with Crippen LogP contribution in [-0.2, 0) is 6.54 Å². The minimum Gasteiger partial charge on any atom is -0.387 e. The predicted molar refractivity (Wildman–Crippen MR) is 74.5 cm³/mol. The van der Waals surface area contributed by atoms with Crippen LogP contribution in [0.1, 0.15) is 17.2 Å². The zero-order valence-corrected chi connectivity index (χ0v) is 11.4. The molecule has 5 heteroatoms. The first-order valence-electron chi connectivity index (χ1n) is 6.15. The van der Waals surface area contributed by atoms with Crippen LogP contribution in [0.3, 0.4) is 0 Å². The van der Waals surface area contributed by atoms with Gasteiger partial charge in [0.2, 0.25) is 0 Å². The van der Waals surface area contributed by atoms with E-state index in [4.69, 9.17) is 11.6 Å². The highest BCUT2D eigenvalue weighted by atomic mass is 35.5. The Bertz CT molecular complexity index is 592. The predicted octanol–water partition coefficient (Wildman–Crippen LogP) is 3.44. The average molecular weight is 298 g/mol. The van der Waals surface area contributed by atoms with Gasteiger partial charge in [-0.2, -0.15) is 0 Å². The molecule has 0 aliphatic rings. The molecule has 0 aliphatic carbocycles. The third-order valence-electron chi connectivity index (χ3n) is 2.92. The van der Waals surface area contributed by atoms with Gasteiger partial charge in [-0.25, -0.2) is 8.78 Å². The van der Waals surface area contributed by atoms with Crippen molar-refractivity contribution in [3.63, 3.8) is 0 Å². The molecular formula is C15H14ClF2NO. The van der Waals surface area contributed by atoms with E-state index in [9.17, 15) is 13.9 Å². The molecule has 2 aromatic carbocycles. The first-order valence-corrected chi connectivity index (χ1v) is 6.53. The van der Waals surface area contributed by atoms with Gasteiger partial charge in [0.15, 0.2) is 0 Å². The minimum atomic E-state index is -0.938. The fraction of sp³-hybridized carbons (Fsp3) is 0.200. The van der Waals surface area contributed by atoms with Crippen LogP contribution in [0, 0.1) is 11.6 Å². The van der Waals surface area contributed by atoms with Crippen molar-refractivity contribution in [1.29, 1.82) is 0 Å². The van der Waals surface area contributed by atoms with Crippen molar-refractivity contribution < 1.29 is 13.9 Å². The summed E-state index contributed by atoms with van der Waals surface area (Å²) in [5.74, 6) is -0.909. The highest BCUT2D eigenvalue weighted by molar-refractivity contribution is 6.30. The number of benzene rings is 2. The van der Waals surface area contributed by atoms with Crippen molar-refractivity contribution in [1.82, 2.24) is 5.32 Å². The van der Waals surface area contributed by atoms with Crippen LogP contribution in [-0.4, -0.2) is 11.7 Å². The number of nitrogens with one attached hydrogen (secondary N) is 1. The molecule has 2 nitrogen and oxygen atoms in total. The van der Waals surface area contributed by atoms with E-state index in [1.54, 1.807) is 18.2 Å². The van der Waals surface area contributed by atoms with Crippen LogP contribution in [0.25, 0.3) is 0 Å². The van der Waals surface area contributed by atoms with Gasteiger partial charge in [-0.3, -0.25) is 0 Å². The molecule has 0 radical (unpaired) electrons. The SMILES string of the molecule is OC(CNCc1ccc(F)c(Cl)c1)c1ccccc1F. The van der Waals surface area contributed by atoms with E-state index in [0.717, 1.165) is 5.56 Å². The third-order valence-corrected chi connectivity index (χ3v) is 3.20. The van der Waals surface area contributed by atoms with Gasteiger partial charge in [-0.15, -0.1) is 0 Å². The van der Waals surface area contributed by atoms with E-state index in [2.05, 4.69) is 5.32 Å². The van der Waals surface area contributed by atoms with Crippen molar-refractivity contribution in [2.45, 2.75) is 12.6 Å². The Hall–Kier alpha value is -1.49. The zero-order chi connectivity index (χ0) is 14.5. The molecule has 20 heavy (non-hydrogen) atoms. The van der Waals surface area contributed by atoms with E-state index in [1.807, 2.05) is 0 Å². The molecule has 2 rings (SSSR count). The minimum absolute atomic E-state index is 0.0546. The van der Waals surface area contributed by atoms with Gasteiger partial charge in [-0.05, 0) is 23.8 Å². The summed E-state index contributed by atoms with van der Waals surface area (Å²) in [5, 5.41) is 12.9. The number of aliphatic hydroxyl groups is 1. The van der Waals surface area contributed by atoms with Gasteiger partial charge < -0.3 is 10.4 Å². The standard InChI is InChI=1S/C15H14ClF2NO/c16-12-7-10(5-6-14(12)18)8-19-9-15(20)11-3-1-2-4-13(11)17/h1-7,15,19-20H,8-9H2. The van der Waals surface area contributed by atoms with Gasteiger partial charge in [0, 0.05) is 18.7 Å². The van der Waals surface area contributed by atoms with Crippen LogP contribution in [0.2, 0.25) is 5.02 Å². The van der Waals surface area contributed by atoms with E-state index in [1.165, 1.54) is 24.3 Å². The van der Waals surface area contributed by atoms with Gasteiger partial charge >= 0.3 is 0 Å². The van der Waals surface area contributed by atoms with Crippen LogP contribution in [0.15, 0.2) is 42.5 Å². The van der Waals surface area contributed by atoms with Gasteiger partial charge in [0.25, 0.3) is 0 Å². The zero-order valence-electron chi connectivity index (χ0n) is 10.6. The molecule has 1 unspecified atom stereocenters. The molecule has 1 atom stereocenters. The van der Waals surface area contributed by atoms with E-state index in [0.29, 0.717) is 6.54 Å². The summed E-state index contributed by atoms with van der Waals surface area (Å²) in [6, 6.07) is 10.5. The topological polar surface area (TPSA) is 32.3 Å². The van der Waals surface area contributed by atoms with Crippen molar-refractivity contribution in [2.75, 3.05) is 6.54 Å². The van der Waals surface area contributed by atoms with Crippen molar-refractivity contribution >= 4 is 11.6 Å². The molecule has 0 aromatic heterocycles. The van der Waals surface area contributed by atoms with Gasteiger partial charge in [0.1, 0.15) is 11.6 Å². The number of rotatable bonds is 5. The fourth-order valence-corrected chi connectivity index (χ4v) is 2.06. The van der Waals surface area contributed by atoms with Crippen LogP contribution < -0.4 is 5.32 Å². The van der Waals surface area contributed by atoms with E-state index >= 15 is 0 Å². The fourth-order valence-electron chi connectivity index (χ4n) is 1.86. The lowest BCUT2D eigenvalue weighted by Crippen LogP contribution is -2.21. The quantitative estimate of drug-likeness (QED) is 0.886. The average Bonchev–Trinajstić information content (AvgIpc) is 2.43. The maximum absolute atomic E-state index is 13.4. The monoisotopic (exact) mass is 297 g/mol. The van der Waals surface area contributed by atoms with Crippen LogP contribution in [0.5, 0.6) is 0 Å². The Balaban J connectivity index is 1.89. The van der Waals surface area contributed by atoms with Crippen molar-refractivity contribution in [2.24, 2.45) is 0 Å². The molecule has 106 valence electrons. The molecule has 0 fully saturated rings. The molecule has 0 aliphatic heterocycles. The highest BCUT2D eigenvalue weighted by Gasteiger charge is 2.11. The maximum atomic E-state index is 13.4. The van der Waals surface area contributed by atoms with Gasteiger partial charge in [-0.1, -0.05) is 35.9 Å². The normalized spacial score (nSPS) is 12.4. The molecule has 2 N–H and O–H groups in total. The largest absolute Gasteiger partial charge is 0.387 e. The summed E-state index contributed by atoms with van der Waals surface area (Å²) in [4.78, 5) is 0. The molecule has 0 heterocycles. The third kappa shape index (κ3) is 3.76. The number of halogens is 3. The lowest BCUT2D eigenvalue weighted by Gasteiger charge is -2.13. The van der Waals surface area contributed by atoms with Crippen LogP contribution >= 0.6 is 11.6 Å². The number of hydrogen-bond donors (Lipinski definition) is 2. The molecule has 0 saturated carbocycles. The van der Waals surface area contributed by atoms with Crippen molar-refractivity contribution in [3.8, 4) is 0 Å². The van der Waals surface area contributed by atoms with Crippen molar-refractivity contribution in [3.05, 3.63) is 70.2 Å². The molecular weight excluding hydrogens is 284 g/mol. The summed E-state index contributed by atoms with van der Waals surface area (Å²) >= 11 is 5.67. The second-order valence-electron chi connectivity index (χ2n) is 4.42. The summed E-state index contributed by atoms with van der Waals surface area (Å²) < 4.78 is 26.4.